The molecular formula is C46H68O3. The lowest BCUT2D eigenvalue weighted by Gasteiger charge is -2.14. The highest BCUT2D eigenvalue weighted by Gasteiger charge is 2.11. The molecule has 3 heteroatoms. The zero-order valence-electron chi connectivity index (χ0n) is 31.5. The number of esters is 1. The zero-order chi connectivity index (χ0) is 34.8. The molecular weight excluding hydrogens is 601 g/mol. The normalized spacial score (nSPS) is 11.9. The van der Waals surface area contributed by atoms with E-state index in [0.29, 0.717) is 11.3 Å². The molecule has 0 radical (unpaired) electrons. The maximum absolute atomic E-state index is 12.8. The molecule has 0 N–H and O–H groups in total. The van der Waals surface area contributed by atoms with E-state index in [-0.39, 0.29) is 12.1 Å². The fourth-order valence-electron chi connectivity index (χ4n) is 6.57. The first-order valence-electron chi connectivity index (χ1n) is 20.2. The minimum Gasteiger partial charge on any atom is -0.423 e. The first kappa shape index (κ1) is 40.5. The fourth-order valence-corrected chi connectivity index (χ4v) is 6.57. The largest absolute Gasteiger partial charge is 0.423 e. The number of carbonyl (C=O) groups excluding carboxylic acids is 1. The van der Waals surface area contributed by atoms with Gasteiger partial charge in [0.15, 0.2) is 0 Å². The number of rotatable bonds is 28. The fraction of sp³-hybridized carbons (Fsp3) is 0.587. The maximum atomic E-state index is 12.8. The molecule has 49 heavy (non-hydrogen) atoms. The summed E-state index contributed by atoms with van der Waals surface area (Å²) in [5, 5.41) is 0. The molecule has 0 heterocycles. The molecule has 0 spiro atoms. The Balaban J connectivity index is 1.22. The summed E-state index contributed by atoms with van der Waals surface area (Å²) in [6.07, 6.45) is 29.8. The highest BCUT2D eigenvalue weighted by molar-refractivity contribution is 5.91. The van der Waals surface area contributed by atoms with Gasteiger partial charge >= 0.3 is 5.97 Å². The van der Waals surface area contributed by atoms with Gasteiger partial charge in [-0.05, 0) is 72.7 Å². The monoisotopic (exact) mass is 669 g/mol. The van der Waals surface area contributed by atoms with Gasteiger partial charge in [0.25, 0.3) is 0 Å². The summed E-state index contributed by atoms with van der Waals surface area (Å²) in [5.74, 6) is 0.206. The van der Waals surface area contributed by atoms with Crippen LogP contribution in [-0.4, -0.2) is 12.6 Å². The van der Waals surface area contributed by atoms with Gasteiger partial charge in [-0.3, -0.25) is 0 Å². The Morgan fingerprint density at radius 2 is 0.939 bits per heavy atom. The minimum atomic E-state index is -0.343. The standard InChI is InChI=1S/C46H68O3/c1-4-6-8-10-11-12-13-14-15-16-17-18-19-20-21-22-24-38-48-39(3)41-34-36-45(37-35-41)49-46(47)44-32-30-43(31-33-44)42-28-26-40(27-29-42)25-23-9-7-5-2/h26-37,39H,4-25,38H2,1-3H3. The lowest BCUT2D eigenvalue weighted by atomic mass is 10.0. The van der Waals surface area contributed by atoms with Crippen molar-refractivity contribution in [2.24, 2.45) is 0 Å². The van der Waals surface area contributed by atoms with Crippen molar-refractivity contribution >= 4 is 5.97 Å². The van der Waals surface area contributed by atoms with E-state index in [1.165, 1.54) is 134 Å². The Labute approximate surface area is 300 Å². The average molecular weight is 669 g/mol. The molecule has 3 aromatic carbocycles. The van der Waals surface area contributed by atoms with Gasteiger partial charge in [0.2, 0.25) is 0 Å². The number of unbranched alkanes of at least 4 members (excludes halogenated alkanes) is 19. The van der Waals surface area contributed by atoms with Gasteiger partial charge in [0, 0.05) is 6.61 Å². The Bertz CT molecular complexity index is 1230. The van der Waals surface area contributed by atoms with Crippen LogP contribution in [0, 0.1) is 0 Å². The minimum absolute atomic E-state index is 0.0217. The summed E-state index contributed by atoms with van der Waals surface area (Å²) in [6, 6.07) is 24.2. The zero-order valence-corrected chi connectivity index (χ0v) is 31.5. The number of hydrogen-bond donors (Lipinski definition) is 0. The number of ether oxygens (including phenoxy) is 2. The summed E-state index contributed by atoms with van der Waals surface area (Å²) in [4.78, 5) is 12.8. The van der Waals surface area contributed by atoms with Crippen molar-refractivity contribution in [3.8, 4) is 16.9 Å². The van der Waals surface area contributed by atoms with Crippen LogP contribution in [0.5, 0.6) is 5.75 Å². The molecule has 0 aromatic heterocycles. The lowest BCUT2D eigenvalue weighted by Crippen LogP contribution is -2.08. The predicted octanol–water partition coefficient (Wildman–Crippen LogP) is 14.4. The smallest absolute Gasteiger partial charge is 0.343 e. The third kappa shape index (κ3) is 17.5. The highest BCUT2D eigenvalue weighted by atomic mass is 16.5. The second-order valence-electron chi connectivity index (χ2n) is 14.2. The van der Waals surface area contributed by atoms with Crippen molar-refractivity contribution in [1.29, 1.82) is 0 Å². The summed E-state index contributed by atoms with van der Waals surface area (Å²) in [6.45, 7) is 7.42. The van der Waals surface area contributed by atoms with E-state index < -0.39 is 0 Å². The SMILES string of the molecule is CCCCCCCCCCCCCCCCCCCOC(C)c1ccc(OC(=O)c2ccc(-c3ccc(CCCCCC)cc3)cc2)cc1. The third-order valence-corrected chi connectivity index (χ3v) is 9.90. The van der Waals surface area contributed by atoms with Crippen LogP contribution in [-0.2, 0) is 11.2 Å². The van der Waals surface area contributed by atoms with Crippen LogP contribution in [0.25, 0.3) is 11.1 Å². The molecule has 0 aliphatic heterocycles. The summed E-state index contributed by atoms with van der Waals surface area (Å²) in [7, 11) is 0. The van der Waals surface area contributed by atoms with Crippen LogP contribution in [0.3, 0.4) is 0 Å². The van der Waals surface area contributed by atoms with Crippen LogP contribution in [0.1, 0.15) is 183 Å². The van der Waals surface area contributed by atoms with Crippen LogP contribution >= 0.6 is 0 Å². The van der Waals surface area contributed by atoms with E-state index in [0.717, 1.165) is 36.1 Å². The van der Waals surface area contributed by atoms with E-state index in [1.807, 2.05) is 48.5 Å². The van der Waals surface area contributed by atoms with E-state index in [9.17, 15) is 4.79 Å². The van der Waals surface area contributed by atoms with Gasteiger partial charge in [0.1, 0.15) is 5.75 Å². The van der Waals surface area contributed by atoms with Crippen LogP contribution in [0.4, 0.5) is 0 Å². The maximum Gasteiger partial charge on any atom is 0.343 e. The summed E-state index contributed by atoms with van der Waals surface area (Å²) >= 11 is 0. The number of carbonyl (C=O) groups is 1. The molecule has 3 rings (SSSR count). The second kappa shape index (κ2) is 26.0. The number of hydrogen-bond acceptors (Lipinski definition) is 3. The average Bonchev–Trinajstić information content (AvgIpc) is 3.13. The van der Waals surface area contributed by atoms with Crippen LogP contribution in [0.2, 0.25) is 0 Å². The van der Waals surface area contributed by atoms with Gasteiger partial charge in [-0.15, -0.1) is 0 Å². The number of aryl methyl sites for hydroxylation is 1. The molecule has 0 aliphatic carbocycles. The molecule has 0 saturated carbocycles. The Morgan fingerprint density at radius 3 is 1.43 bits per heavy atom. The van der Waals surface area contributed by atoms with Crippen molar-refractivity contribution < 1.29 is 14.3 Å². The molecule has 0 fully saturated rings. The van der Waals surface area contributed by atoms with Crippen molar-refractivity contribution in [2.75, 3.05) is 6.61 Å². The van der Waals surface area contributed by atoms with Crippen LogP contribution < -0.4 is 4.74 Å². The van der Waals surface area contributed by atoms with Crippen molar-refractivity contribution in [2.45, 2.75) is 168 Å². The molecule has 3 aromatic rings. The van der Waals surface area contributed by atoms with Crippen molar-refractivity contribution in [3.63, 3.8) is 0 Å². The highest BCUT2D eigenvalue weighted by Crippen LogP contribution is 2.24. The number of benzene rings is 3. The molecule has 0 saturated heterocycles. The molecule has 0 amide bonds. The molecule has 0 aliphatic rings. The van der Waals surface area contributed by atoms with Gasteiger partial charge in [0.05, 0.1) is 11.7 Å². The lowest BCUT2D eigenvalue weighted by molar-refractivity contribution is 0.0627. The molecule has 270 valence electrons. The third-order valence-electron chi connectivity index (χ3n) is 9.90. The molecule has 1 atom stereocenters. The van der Waals surface area contributed by atoms with E-state index in [2.05, 4.69) is 45.0 Å². The topological polar surface area (TPSA) is 35.5 Å². The molecule has 3 nitrogen and oxygen atoms in total. The van der Waals surface area contributed by atoms with Gasteiger partial charge in [-0.2, -0.15) is 0 Å². The first-order valence-corrected chi connectivity index (χ1v) is 20.2. The predicted molar refractivity (Wildman–Crippen MR) is 210 cm³/mol. The Hall–Kier alpha value is -2.91. The molecule has 0 bridgehead atoms. The van der Waals surface area contributed by atoms with E-state index in [4.69, 9.17) is 9.47 Å². The van der Waals surface area contributed by atoms with E-state index in [1.54, 1.807) is 0 Å². The Morgan fingerprint density at radius 1 is 0.510 bits per heavy atom. The van der Waals surface area contributed by atoms with Gasteiger partial charge in [-0.1, -0.05) is 184 Å². The van der Waals surface area contributed by atoms with Crippen molar-refractivity contribution in [3.05, 3.63) is 89.5 Å². The first-order chi connectivity index (χ1) is 24.1. The van der Waals surface area contributed by atoms with Crippen molar-refractivity contribution in [1.82, 2.24) is 0 Å². The van der Waals surface area contributed by atoms with Crippen LogP contribution in [0.15, 0.2) is 72.8 Å². The van der Waals surface area contributed by atoms with E-state index >= 15 is 0 Å². The summed E-state index contributed by atoms with van der Waals surface area (Å²) in [5.41, 5.74) is 5.29. The Kier molecular flexibility index (Phi) is 21.5. The summed E-state index contributed by atoms with van der Waals surface area (Å²) < 4.78 is 11.8. The second-order valence-corrected chi connectivity index (χ2v) is 14.2. The van der Waals surface area contributed by atoms with Gasteiger partial charge in [-0.25, -0.2) is 4.79 Å². The quantitative estimate of drug-likeness (QED) is 0.0439. The molecule has 1 unspecified atom stereocenters. The van der Waals surface area contributed by atoms with Gasteiger partial charge < -0.3 is 9.47 Å².